The molecule has 0 fully saturated rings. The lowest BCUT2D eigenvalue weighted by Gasteiger charge is -2.07. The fraction of sp³-hybridized carbons (Fsp3) is 0.308. The molecule has 0 aliphatic rings. The summed E-state index contributed by atoms with van der Waals surface area (Å²) in [5.41, 5.74) is 1.01. The highest BCUT2D eigenvalue weighted by molar-refractivity contribution is 6.31. The number of rotatable bonds is 4. The standard InChI is InChI=1S/C13H14ClFN2O/c1-8(2)16-6-11-13(18-7-17-11)9-4-3-5-10(14)12(9)15/h3-5,7-8,16H,6H2,1-2H3. The van der Waals surface area contributed by atoms with E-state index in [9.17, 15) is 4.39 Å². The molecule has 1 aromatic heterocycles. The Morgan fingerprint density at radius 1 is 1.44 bits per heavy atom. The number of benzene rings is 1. The summed E-state index contributed by atoms with van der Waals surface area (Å²) in [4.78, 5) is 4.10. The first-order valence-corrected chi connectivity index (χ1v) is 6.07. The molecule has 0 aliphatic carbocycles. The smallest absolute Gasteiger partial charge is 0.181 e. The Morgan fingerprint density at radius 3 is 2.94 bits per heavy atom. The Hall–Kier alpha value is -1.39. The van der Waals surface area contributed by atoms with Crippen LogP contribution in [0.3, 0.4) is 0 Å². The Balaban J connectivity index is 2.33. The van der Waals surface area contributed by atoms with Crippen LogP contribution in [-0.2, 0) is 6.54 Å². The van der Waals surface area contributed by atoms with Gasteiger partial charge in [-0.25, -0.2) is 9.37 Å². The summed E-state index contributed by atoms with van der Waals surface area (Å²) in [6.45, 7) is 4.58. The van der Waals surface area contributed by atoms with Gasteiger partial charge in [0.2, 0.25) is 0 Å². The van der Waals surface area contributed by atoms with Gasteiger partial charge in [-0.1, -0.05) is 31.5 Å². The maximum absolute atomic E-state index is 13.9. The fourth-order valence-corrected chi connectivity index (χ4v) is 1.77. The van der Waals surface area contributed by atoms with Crippen molar-refractivity contribution in [2.45, 2.75) is 26.4 Å². The number of hydrogen-bond acceptors (Lipinski definition) is 3. The molecule has 1 aromatic carbocycles. The summed E-state index contributed by atoms with van der Waals surface area (Å²) in [5, 5.41) is 3.29. The molecule has 0 bridgehead atoms. The highest BCUT2D eigenvalue weighted by Gasteiger charge is 2.16. The van der Waals surface area contributed by atoms with E-state index in [1.54, 1.807) is 12.1 Å². The van der Waals surface area contributed by atoms with Crippen LogP contribution >= 0.6 is 11.6 Å². The van der Waals surface area contributed by atoms with Crippen molar-refractivity contribution in [3.8, 4) is 11.3 Å². The number of nitrogens with one attached hydrogen (secondary N) is 1. The summed E-state index contributed by atoms with van der Waals surface area (Å²) in [6, 6.07) is 5.13. The average molecular weight is 269 g/mol. The maximum atomic E-state index is 13.9. The lowest BCUT2D eigenvalue weighted by Crippen LogP contribution is -2.22. The first-order valence-electron chi connectivity index (χ1n) is 5.69. The van der Waals surface area contributed by atoms with Crippen LogP contribution in [0.4, 0.5) is 4.39 Å². The third-order valence-electron chi connectivity index (χ3n) is 2.52. The van der Waals surface area contributed by atoms with Crippen LogP contribution in [0.5, 0.6) is 0 Å². The molecule has 0 spiro atoms. The van der Waals surface area contributed by atoms with Crippen molar-refractivity contribution in [3.05, 3.63) is 41.1 Å². The molecule has 96 valence electrons. The van der Waals surface area contributed by atoms with Crippen LogP contribution in [0.1, 0.15) is 19.5 Å². The molecule has 0 saturated carbocycles. The van der Waals surface area contributed by atoms with Crippen LogP contribution in [0, 0.1) is 5.82 Å². The van der Waals surface area contributed by atoms with Gasteiger partial charge in [-0.2, -0.15) is 0 Å². The molecular formula is C13H14ClFN2O. The van der Waals surface area contributed by atoms with Gasteiger partial charge in [0.05, 0.1) is 10.6 Å². The molecular weight excluding hydrogens is 255 g/mol. The molecule has 1 heterocycles. The average Bonchev–Trinajstić information content (AvgIpc) is 2.78. The van der Waals surface area contributed by atoms with E-state index >= 15 is 0 Å². The Labute approximate surface area is 110 Å². The second kappa shape index (κ2) is 5.50. The van der Waals surface area contributed by atoms with Crippen molar-refractivity contribution in [1.82, 2.24) is 10.3 Å². The molecule has 2 aromatic rings. The summed E-state index contributed by atoms with van der Waals surface area (Å²) in [5.74, 6) is -0.0649. The number of nitrogens with zero attached hydrogens (tertiary/aromatic N) is 1. The van der Waals surface area contributed by atoms with Crippen LogP contribution < -0.4 is 5.32 Å². The quantitative estimate of drug-likeness (QED) is 0.920. The van der Waals surface area contributed by atoms with Crippen molar-refractivity contribution >= 4 is 11.6 Å². The molecule has 2 rings (SSSR count). The van der Waals surface area contributed by atoms with E-state index in [4.69, 9.17) is 16.0 Å². The minimum absolute atomic E-state index is 0.0756. The largest absolute Gasteiger partial charge is 0.443 e. The molecule has 0 amide bonds. The van der Waals surface area contributed by atoms with E-state index in [2.05, 4.69) is 10.3 Å². The van der Waals surface area contributed by atoms with Gasteiger partial charge in [0, 0.05) is 12.6 Å². The zero-order valence-corrected chi connectivity index (χ0v) is 11.0. The normalized spacial score (nSPS) is 11.2. The minimum Gasteiger partial charge on any atom is -0.443 e. The van der Waals surface area contributed by atoms with Crippen molar-refractivity contribution in [2.24, 2.45) is 0 Å². The molecule has 0 aliphatic heterocycles. The van der Waals surface area contributed by atoms with Crippen molar-refractivity contribution < 1.29 is 8.81 Å². The summed E-state index contributed by atoms with van der Waals surface area (Å²) in [6.07, 6.45) is 1.31. The van der Waals surface area contributed by atoms with Crippen LogP contribution in [-0.4, -0.2) is 11.0 Å². The molecule has 1 N–H and O–H groups in total. The van der Waals surface area contributed by atoms with Crippen molar-refractivity contribution in [3.63, 3.8) is 0 Å². The third kappa shape index (κ3) is 2.71. The van der Waals surface area contributed by atoms with Gasteiger partial charge in [-0.15, -0.1) is 0 Å². The van der Waals surface area contributed by atoms with Gasteiger partial charge in [0.25, 0.3) is 0 Å². The van der Waals surface area contributed by atoms with E-state index in [1.165, 1.54) is 12.5 Å². The van der Waals surface area contributed by atoms with Crippen LogP contribution in [0.25, 0.3) is 11.3 Å². The van der Waals surface area contributed by atoms with Crippen molar-refractivity contribution in [2.75, 3.05) is 0 Å². The minimum atomic E-state index is -0.485. The van der Waals surface area contributed by atoms with Gasteiger partial charge < -0.3 is 9.73 Å². The van der Waals surface area contributed by atoms with Crippen molar-refractivity contribution in [1.29, 1.82) is 0 Å². The predicted molar refractivity (Wildman–Crippen MR) is 68.9 cm³/mol. The number of hydrogen-bond donors (Lipinski definition) is 1. The topological polar surface area (TPSA) is 38.1 Å². The van der Waals surface area contributed by atoms with Gasteiger partial charge in [0.1, 0.15) is 5.69 Å². The summed E-state index contributed by atoms with van der Waals surface area (Å²) < 4.78 is 19.2. The van der Waals surface area contributed by atoms with E-state index in [-0.39, 0.29) is 5.02 Å². The molecule has 0 saturated heterocycles. The lowest BCUT2D eigenvalue weighted by molar-refractivity contribution is 0.554. The first-order chi connectivity index (χ1) is 8.59. The number of aromatic nitrogens is 1. The molecule has 0 radical (unpaired) electrons. The second-order valence-corrected chi connectivity index (χ2v) is 4.67. The fourth-order valence-electron chi connectivity index (χ4n) is 1.59. The summed E-state index contributed by atoms with van der Waals surface area (Å²) >= 11 is 5.76. The van der Waals surface area contributed by atoms with Gasteiger partial charge in [-0.3, -0.25) is 0 Å². The Kier molecular flexibility index (Phi) is 3.99. The van der Waals surface area contributed by atoms with E-state index in [0.717, 1.165) is 0 Å². The number of halogens is 2. The van der Waals surface area contributed by atoms with Crippen LogP contribution in [0.15, 0.2) is 29.0 Å². The summed E-state index contributed by atoms with van der Waals surface area (Å²) in [7, 11) is 0. The molecule has 18 heavy (non-hydrogen) atoms. The maximum Gasteiger partial charge on any atom is 0.181 e. The first kappa shape index (κ1) is 13.1. The molecule has 0 unspecified atom stereocenters. The van der Waals surface area contributed by atoms with Gasteiger partial charge in [-0.05, 0) is 12.1 Å². The Morgan fingerprint density at radius 2 is 2.22 bits per heavy atom. The zero-order chi connectivity index (χ0) is 13.1. The predicted octanol–water partition coefficient (Wildman–Crippen LogP) is 3.63. The monoisotopic (exact) mass is 268 g/mol. The second-order valence-electron chi connectivity index (χ2n) is 4.27. The van der Waals surface area contributed by atoms with Crippen LogP contribution in [0.2, 0.25) is 5.02 Å². The number of oxazole rings is 1. The highest BCUT2D eigenvalue weighted by Crippen LogP contribution is 2.29. The van der Waals surface area contributed by atoms with Gasteiger partial charge in [0.15, 0.2) is 18.0 Å². The van der Waals surface area contributed by atoms with E-state index in [1.807, 2.05) is 13.8 Å². The van der Waals surface area contributed by atoms with E-state index < -0.39 is 5.82 Å². The zero-order valence-electron chi connectivity index (χ0n) is 10.2. The highest BCUT2D eigenvalue weighted by atomic mass is 35.5. The van der Waals surface area contributed by atoms with E-state index in [0.29, 0.717) is 29.6 Å². The molecule has 3 nitrogen and oxygen atoms in total. The lowest BCUT2D eigenvalue weighted by atomic mass is 10.1. The Bertz CT molecular complexity index is 540. The molecule has 0 atom stereocenters. The van der Waals surface area contributed by atoms with Gasteiger partial charge >= 0.3 is 0 Å². The molecule has 5 heteroatoms. The SMILES string of the molecule is CC(C)NCc1ncoc1-c1cccc(Cl)c1F. The third-order valence-corrected chi connectivity index (χ3v) is 2.81.